The summed E-state index contributed by atoms with van der Waals surface area (Å²) in [6.45, 7) is 4.25. The topological polar surface area (TPSA) is 71.4 Å². The van der Waals surface area contributed by atoms with Gasteiger partial charge in [-0.2, -0.15) is 5.10 Å². The van der Waals surface area contributed by atoms with Crippen LogP contribution in [0.2, 0.25) is 0 Å². The first-order valence-corrected chi connectivity index (χ1v) is 10.8. The summed E-state index contributed by atoms with van der Waals surface area (Å²) in [6, 6.07) is 12.7. The standard InChI is InChI=1S/C24H27F2N5O2/c1-16-13-27-31(18-6-4-3-5-7-18)23(16)29-24(32)28-22-15-30(10-11-33-2)14-19(22)17-8-9-20(25)21(26)12-17/h3-9,12-13,19,22H,10-11,14-15H2,1-2H3,(H2,28,29,32)/t19-,22+/m0/s1. The number of ether oxygens (including phenoxy) is 1. The smallest absolute Gasteiger partial charge is 0.320 e. The van der Waals surface area contributed by atoms with Gasteiger partial charge in [0.25, 0.3) is 0 Å². The number of nitrogens with zero attached hydrogens (tertiary/aromatic N) is 3. The minimum atomic E-state index is -0.895. The third-order valence-electron chi connectivity index (χ3n) is 5.88. The lowest BCUT2D eigenvalue weighted by Crippen LogP contribution is -2.42. The van der Waals surface area contributed by atoms with Gasteiger partial charge in [-0.15, -0.1) is 0 Å². The fraction of sp³-hybridized carbons (Fsp3) is 0.333. The van der Waals surface area contributed by atoms with Gasteiger partial charge >= 0.3 is 6.03 Å². The van der Waals surface area contributed by atoms with Crippen molar-refractivity contribution >= 4 is 11.8 Å². The second-order valence-electron chi connectivity index (χ2n) is 8.16. The van der Waals surface area contributed by atoms with Crippen molar-refractivity contribution in [3.05, 3.63) is 77.5 Å². The number of methoxy groups -OCH3 is 1. The highest BCUT2D eigenvalue weighted by atomic mass is 19.2. The Labute approximate surface area is 191 Å². The average Bonchev–Trinajstić information content (AvgIpc) is 3.38. The van der Waals surface area contributed by atoms with Gasteiger partial charge in [-0.25, -0.2) is 18.3 Å². The lowest BCUT2D eigenvalue weighted by Gasteiger charge is -2.21. The van der Waals surface area contributed by atoms with E-state index in [1.807, 2.05) is 37.3 Å². The summed E-state index contributed by atoms with van der Waals surface area (Å²) in [6.07, 6.45) is 1.69. The van der Waals surface area contributed by atoms with Gasteiger partial charge in [-0.3, -0.25) is 10.2 Å². The Morgan fingerprint density at radius 3 is 2.67 bits per heavy atom. The Kier molecular flexibility index (Phi) is 7.00. The van der Waals surface area contributed by atoms with E-state index in [0.717, 1.165) is 17.3 Å². The Morgan fingerprint density at radius 1 is 1.15 bits per heavy atom. The van der Waals surface area contributed by atoms with E-state index in [0.29, 0.717) is 37.6 Å². The number of carbonyl (C=O) groups is 1. The molecule has 0 radical (unpaired) electrons. The molecule has 1 saturated heterocycles. The molecule has 4 rings (SSSR count). The zero-order valence-electron chi connectivity index (χ0n) is 18.6. The maximum absolute atomic E-state index is 13.9. The van der Waals surface area contributed by atoms with Crippen LogP contribution in [0.3, 0.4) is 0 Å². The largest absolute Gasteiger partial charge is 0.383 e. The molecule has 2 atom stereocenters. The Balaban J connectivity index is 1.52. The van der Waals surface area contributed by atoms with Crippen molar-refractivity contribution in [3.63, 3.8) is 0 Å². The van der Waals surface area contributed by atoms with Crippen LogP contribution in [0.5, 0.6) is 0 Å². The Hall–Kier alpha value is -3.30. The number of aryl methyl sites for hydroxylation is 1. The third-order valence-corrected chi connectivity index (χ3v) is 5.88. The first-order valence-electron chi connectivity index (χ1n) is 10.8. The Bertz CT molecular complexity index is 1110. The average molecular weight is 456 g/mol. The quantitative estimate of drug-likeness (QED) is 0.570. The lowest BCUT2D eigenvalue weighted by molar-refractivity contribution is 0.159. The summed E-state index contributed by atoms with van der Waals surface area (Å²) < 4.78 is 34.2. The summed E-state index contributed by atoms with van der Waals surface area (Å²) >= 11 is 0. The molecule has 0 spiro atoms. The molecule has 3 aromatic rings. The van der Waals surface area contributed by atoms with Gasteiger partial charge in [0.2, 0.25) is 0 Å². The van der Waals surface area contributed by atoms with E-state index in [2.05, 4.69) is 20.6 Å². The van der Waals surface area contributed by atoms with Gasteiger partial charge in [0, 0.05) is 38.2 Å². The monoisotopic (exact) mass is 455 g/mol. The van der Waals surface area contributed by atoms with E-state index in [4.69, 9.17) is 4.74 Å². The zero-order valence-corrected chi connectivity index (χ0v) is 18.6. The van der Waals surface area contributed by atoms with Crippen LogP contribution in [-0.4, -0.2) is 60.1 Å². The third kappa shape index (κ3) is 5.20. The van der Waals surface area contributed by atoms with Crippen molar-refractivity contribution < 1.29 is 18.3 Å². The van der Waals surface area contributed by atoms with E-state index < -0.39 is 11.6 Å². The van der Waals surface area contributed by atoms with Gasteiger partial charge in [0.1, 0.15) is 5.82 Å². The number of hydrogen-bond acceptors (Lipinski definition) is 4. The second kappa shape index (κ2) is 10.1. The van der Waals surface area contributed by atoms with Gasteiger partial charge in [-0.1, -0.05) is 24.3 Å². The summed E-state index contributed by atoms with van der Waals surface area (Å²) in [5.41, 5.74) is 2.29. The van der Waals surface area contributed by atoms with E-state index in [1.165, 1.54) is 6.07 Å². The number of rotatable bonds is 7. The molecule has 2 amide bonds. The molecule has 0 saturated carbocycles. The molecule has 0 aliphatic carbocycles. The number of hydrogen-bond donors (Lipinski definition) is 2. The van der Waals surface area contributed by atoms with Crippen LogP contribution >= 0.6 is 0 Å². The number of anilines is 1. The minimum Gasteiger partial charge on any atom is -0.383 e. The molecule has 1 aliphatic rings. The van der Waals surface area contributed by atoms with Crippen LogP contribution in [0, 0.1) is 18.6 Å². The molecule has 0 unspecified atom stereocenters. The molecule has 2 aromatic carbocycles. The molecule has 7 nitrogen and oxygen atoms in total. The van der Waals surface area contributed by atoms with Gasteiger partial charge in [0.15, 0.2) is 11.6 Å². The van der Waals surface area contributed by atoms with Crippen LogP contribution in [0.25, 0.3) is 5.69 Å². The van der Waals surface area contributed by atoms with Gasteiger partial charge in [0.05, 0.1) is 24.5 Å². The van der Waals surface area contributed by atoms with E-state index in [9.17, 15) is 13.6 Å². The van der Waals surface area contributed by atoms with Crippen molar-refractivity contribution in [1.82, 2.24) is 20.0 Å². The molecule has 1 fully saturated rings. The summed E-state index contributed by atoms with van der Waals surface area (Å²) in [7, 11) is 1.63. The maximum Gasteiger partial charge on any atom is 0.320 e. The highest BCUT2D eigenvalue weighted by molar-refractivity contribution is 5.89. The van der Waals surface area contributed by atoms with Crippen LogP contribution in [-0.2, 0) is 4.74 Å². The zero-order chi connectivity index (χ0) is 23.4. The van der Waals surface area contributed by atoms with Gasteiger partial charge in [-0.05, 0) is 36.8 Å². The first kappa shape index (κ1) is 22.9. The number of para-hydroxylation sites is 1. The SMILES string of the molecule is COCCN1C[C@@H](NC(=O)Nc2c(C)cnn2-c2ccccc2)[C@H](c2ccc(F)c(F)c2)C1. The normalized spacial score (nSPS) is 18.4. The van der Waals surface area contributed by atoms with Crippen molar-refractivity contribution in [2.24, 2.45) is 0 Å². The second-order valence-corrected chi connectivity index (χ2v) is 8.16. The number of halogens is 2. The molecule has 0 bridgehead atoms. The molecule has 1 aromatic heterocycles. The number of urea groups is 1. The van der Waals surface area contributed by atoms with E-state index >= 15 is 0 Å². The van der Waals surface area contributed by atoms with Crippen LogP contribution in [0.15, 0.2) is 54.7 Å². The molecule has 2 N–H and O–H groups in total. The first-order chi connectivity index (χ1) is 16.0. The molecule has 1 aliphatic heterocycles. The van der Waals surface area contributed by atoms with Crippen LogP contribution in [0.4, 0.5) is 19.4 Å². The van der Waals surface area contributed by atoms with E-state index in [1.54, 1.807) is 24.1 Å². The number of likely N-dealkylation sites (tertiary alicyclic amines) is 1. The number of carbonyl (C=O) groups excluding carboxylic acids is 1. The summed E-state index contributed by atoms with van der Waals surface area (Å²) in [4.78, 5) is 15.1. The van der Waals surface area contributed by atoms with E-state index in [-0.39, 0.29) is 18.0 Å². The fourth-order valence-electron chi connectivity index (χ4n) is 4.17. The highest BCUT2D eigenvalue weighted by Crippen LogP contribution is 2.29. The van der Waals surface area contributed by atoms with Crippen molar-refractivity contribution in [2.45, 2.75) is 18.9 Å². The van der Waals surface area contributed by atoms with Crippen molar-refractivity contribution in [3.8, 4) is 5.69 Å². The highest BCUT2D eigenvalue weighted by Gasteiger charge is 2.35. The summed E-state index contributed by atoms with van der Waals surface area (Å²) in [5, 5.41) is 10.3. The number of amides is 2. The predicted octanol–water partition coefficient (Wildman–Crippen LogP) is 3.69. The summed E-state index contributed by atoms with van der Waals surface area (Å²) in [5.74, 6) is -1.41. The maximum atomic E-state index is 13.9. The van der Waals surface area contributed by atoms with Crippen molar-refractivity contribution in [2.75, 3.05) is 38.7 Å². The molecular formula is C24H27F2N5O2. The molecule has 9 heteroatoms. The number of nitrogens with one attached hydrogen (secondary N) is 2. The Morgan fingerprint density at radius 2 is 1.94 bits per heavy atom. The lowest BCUT2D eigenvalue weighted by atomic mass is 9.94. The number of benzene rings is 2. The molecule has 2 heterocycles. The molecular weight excluding hydrogens is 428 g/mol. The van der Waals surface area contributed by atoms with Crippen LogP contribution < -0.4 is 10.6 Å². The molecule has 33 heavy (non-hydrogen) atoms. The van der Waals surface area contributed by atoms with Gasteiger partial charge < -0.3 is 10.1 Å². The number of aromatic nitrogens is 2. The van der Waals surface area contributed by atoms with Crippen LogP contribution in [0.1, 0.15) is 17.0 Å². The minimum absolute atomic E-state index is 0.192. The fourth-order valence-corrected chi connectivity index (χ4v) is 4.17. The molecule has 174 valence electrons. The van der Waals surface area contributed by atoms with Crippen molar-refractivity contribution in [1.29, 1.82) is 0 Å². The predicted molar refractivity (Wildman–Crippen MR) is 122 cm³/mol.